The van der Waals surface area contributed by atoms with Crippen LogP contribution in [-0.4, -0.2) is 0 Å². The van der Waals surface area contributed by atoms with Crippen molar-refractivity contribution in [1.82, 2.24) is 0 Å². The highest BCUT2D eigenvalue weighted by Crippen LogP contribution is 2.50. The normalized spacial score (nSPS) is 15.4. The van der Waals surface area contributed by atoms with Crippen LogP contribution in [0.4, 0.5) is 11.4 Å². The first kappa shape index (κ1) is 20.7. The summed E-state index contributed by atoms with van der Waals surface area (Å²) in [5.41, 5.74) is 10.7. The number of hydrogen-bond donors (Lipinski definition) is 1. The zero-order valence-corrected chi connectivity index (χ0v) is 18.5. The second-order valence-electron chi connectivity index (χ2n) is 7.88. The molecule has 5 nitrogen and oxygen atoms in total. The SMILES string of the molecule is Cc1ccc(N=Nc2c3c(cc4ccccc24)C(c2ccc(Cl)cc2)C(C#N)=C(N)O3)cc1. The highest BCUT2D eigenvalue weighted by Gasteiger charge is 2.33. The van der Waals surface area contributed by atoms with Crippen molar-refractivity contribution in [2.45, 2.75) is 12.8 Å². The van der Waals surface area contributed by atoms with Gasteiger partial charge in [0.05, 0.1) is 11.6 Å². The summed E-state index contributed by atoms with van der Waals surface area (Å²) < 4.78 is 6.01. The summed E-state index contributed by atoms with van der Waals surface area (Å²) in [4.78, 5) is 0. The fraction of sp³-hybridized carbons (Fsp3) is 0.0741. The molecule has 33 heavy (non-hydrogen) atoms. The molecule has 1 aliphatic rings. The van der Waals surface area contributed by atoms with Crippen molar-refractivity contribution in [3.05, 3.63) is 112 Å². The lowest BCUT2D eigenvalue weighted by Gasteiger charge is -2.28. The Bertz CT molecular complexity index is 1470. The molecular formula is C27H19ClN4O. The molecule has 0 spiro atoms. The maximum absolute atomic E-state index is 9.89. The van der Waals surface area contributed by atoms with Crippen LogP contribution in [-0.2, 0) is 0 Å². The fourth-order valence-electron chi connectivity index (χ4n) is 4.05. The van der Waals surface area contributed by atoms with Crippen LogP contribution < -0.4 is 10.5 Å². The molecule has 0 bridgehead atoms. The van der Waals surface area contributed by atoms with Crippen molar-refractivity contribution in [2.24, 2.45) is 16.0 Å². The summed E-state index contributed by atoms with van der Waals surface area (Å²) in [6.07, 6.45) is 0. The average molecular weight is 451 g/mol. The molecule has 0 aromatic heterocycles. The molecular weight excluding hydrogens is 432 g/mol. The molecule has 1 atom stereocenters. The third-order valence-corrected chi connectivity index (χ3v) is 5.96. The summed E-state index contributed by atoms with van der Waals surface area (Å²) in [7, 11) is 0. The predicted octanol–water partition coefficient (Wildman–Crippen LogP) is 7.44. The van der Waals surface area contributed by atoms with Gasteiger partial charge in [0.25, 0.3) is 0 Å². The zero-order valence-electron chi connectivity index (χ0n) is 17.8. The molecule has 0 amide bonds. The van der Waals surface area contributed by atoms with E-state index in [2.05, 4.69) is 16.3 Å². The Balaban J connectivity index is 1.75. The smallest absolute Gasteiger partial charge is 0.205 e. The zero-order chi connectivity index (χ0) is 22.9. The largest absolute Gasteiger partial charge is 0.438 e. The third-order valence-electron chi connectivity index (χ3n) is 5.70. The van der Waals surface area contributed by atoms with Gasteiger partial charge >= 0.3 is 0 Å². The Hall–Kier alpha value is -4.14. The molecule has 0 radical (unpaired) electrons. The molecule has 0 fully saturated rings. The Kier molecular flexibility index (Phi) is 5.29. The van der Waals surface area contributed by atoms with Gasteiger partial charge in [0.2, 0.25) is 5.88 Å². The van der Waals surface area contributed by atoms with E-state index < -0.39 is 5.92 Å². The molecule has 6 heteroatoms. The van der Waals surface area contributed by atoms with Crippen molar-refractivity contribution in [2.75, 3.05) is 0 Å². The number of fused-ring (bicyclic) bond motifs is 2. The van der Waals surface area contributed by atoms with Crippen LogP contribution in [0.2, 0.25) is 5.02 Å². The van der Waals surface area contributed by atoms with Gasteiger partial charge in [-0.1, -0.05) is 65.7 Å². The van der Waals surface area contributed by atoms with Gasteiger partial charge in [-0.3, -0.25) is 0 Å². The molecule has 0 saturated carbocycles. The van der Waals surface area contributed by atoms with E-state index in [1.165, 1.54) is 0 Å². The Labute approximate surface area is 196 Å². The van der Waals surface area contributed by atoms with Gasteiger partial charge in [0, 0.05) is 16.0 Å². The molecule has 4 aromatic carbocycles. The molecule has 1 heterocycles. The van der Waals surface area contributed by atoms with Crippen LogP contribution >= 0.6 is 11.6 Å². The van der Waals surface area contributed by atoms with E-state index in [0.29, 0.717) is 22.0 Å². The number of nitrogens with two attached hydrogens (primary N) is 1. The Morgan fingerprint density at radius 3 is 2.42 bits per heavy atom. The van der Waals surface area contributed by atoms with Gasteiger partial charge in [-0.2, -0.15) is 10.4 Å². The minimum Gasteiger partial charge on any atom is -0.438 e. The first-order valence-electron chi connectivity index (χ1n) is 10.4. The lowest BCUT2D eigenvalue weighted by atomic mass is 9.82. The lowest BCUT2D eigenvalue weighted by Crippen LogP contribution is -2.21. The Morgan fingerprint density at radius 2 is 1.70 bits per heavy atom. The van der Waals surface area contributed by atoms with Crippen LogP contribution in [0.25, 0.3) is 10.8 Å². The number of rotatable bonds is 3. The van der Waals surface area contributed by atoms with Crippen molar-refractivity contribution in [3.63, 3.8) is 0 Å². The number of ether oxygens (including phenoxy) is 1. The number of nitriles is 1. The number of azo groups is 1. The number of aryl methyl sites for hydroxylation is 1. The second kappa shape index (κ2) is 8.42. The quantitative estimate of drug-likeness (QED) is 0.329. The van der Waals surface area contributed by atoms with Crippen molar-refractivity contribution >= 4 is 33.7 Å². The predicted molar refractivity (Wildman–Crippen MR) is 130 cm³/mol. The van der Waals surface area contributed by atoms with E-state index in [4.69, 9.17) is 22.1 Å². The van der Waals surface area contributed by atoms with Gasteiger partial charge in [0.15, 0.2) is 5.75 Å². The van der Waals surface area contributed by atoms with Crippen molar-refractivity contribution in [3.8, 4) is 11.8 Å². The summed E-state index contributed by atoms with van der Waals surface area (Å²) in [5.74, 6) is 0.155. The monoisotopic (exact) mass is 450 g/mol. The molecule has 1 unspecified atom stereocenters. The van der Waals surface area contributed by atoms with Gasteiger partial charge in [0.1, 0.15) is 17.3 Å². The minimum absolute atomic E-state index is 0.0621. The van der Waals surface area contributed by atoms with Crippen LogP contribution in [0.3, 0.4) is 0 Å². The first-order chi connectivity index (χ1) is 16.0. The van der Waals surface area contributed by atoms with E-state index in [-0.39, 0.29) is 5.88 Å². The Morgan fingerprint density at radius 1 is 0.970 bits per heavy atom. The molecule has 160 valence electrons. The fourth-order valence-corrected chi connectivity index (χ4v) is 4.18. The van der Waals surface area contributed by atoms with E-state index in [1.54, 1.807) is 12.1 Å². The standard InChI is InChI=1S/C27H19ClN4O/c1-16-6-12-20(13-7-16)31-32-25-21-5-3-2-4-18(21)14-22-24(17-8-10-19(28)11-9-17)23(15-29)27(30)33-26(22)25/h2-14,24H,30H2,1H3. The summed E-state index contributed by atoms with van der Waals surface area (Å²) in [6.45, 7) is 2.02. The number of hydrogen-bond acceptors (Lipinski definition) is 5. The van der Waals surface area contributed by atoms with Crippen LogP contribution in [0.1, 0.15) is 22.6 Å². The lowest BCUT2D eigenvalue weighted by molar-refractivity contribution is 0.395. The highest BCUT2D eigenvalue weighted by atomic mass is 35.5. The van der Waals surface area contributed by atoms with E-state index in [0.717, 1.165) is 33.2 Å². The van der Waals surface area contributed by atoms with E-state index >= 15 is 0 Å². The molecule has 0 saturated heterocycles. The maximum atomic E-state index is 9.89. The van der Waals surface area contributed by atoms with Gasteiger partial charge < -0.3 is 10.5 Å². The maximum Gasteiger partial charge on any atom is 0.205 e. The molecule has 2 N–H and O–H groups in total. The third kappa shape index (κ3) is 3.82. The van der Waals surface area contributed by atoms with Crippen LogP contribution in [0.5, 0.6) is 5.75 Å². The number of benzene rings is 4. The highest BCUT2D eigenvalue weighted by molar-refractivity contribution is 6.30. The summed E-state index contributed by atoms with van der Waals surface area (Å²) in [6, 6.07) is 27.3. The van der Waals surface area contributed by atoms with Gasteiger partial charge in [-0.25, -0.2) is 0 Å². The molecule has 0 aliphatic carbocycles. The van der Waals surface area contributed by atoms with Crippen LogP contribution in [0, 0.1) is 18.3 Å². The second-order valence-corrected chi connectivity index (χ2v) is 8.31. The molecule has 4 aromatic rings. The van der Waals surface area contributed by atoms with Gasteiger partial charge in [-0.15, -0.1) is 5.11 Å². The van der Waals surface area contributed by atoms with E-state index in [9.17, 15) is 5.26 Å². The number of halogens is 1. The topological polar surface area (TPSA) is 83.8 Å². The van der Waals surface area contributed by atoms with Crippen molar-refractivity contribution in [1.29, 1.82) is 5.26 Å². The molecule has 5 rings (SSSR count). The van der Waals surface area contributed by atoms with Gasteiger partial charge in [-0.05, 0) is 48.2 Å². The minimum atomic E-state index is -0.408. The van der Waals surface area contributed by atoms with Crippen LogP contribution in [0.15, 0.2) is 101 Å². The van der Waals surface area contributed by atoms with E-state index in [1.807, 2.05) is 73.7 Å². The number of nitrogens with zero attached hydrogens (tertiary/aromatic N) is 3. The summed E-state index contributed by atoms with van der Waals surface area (Å²) >= 11 is 6.11. The number of allylic oxidation sites excluding steroid dienone is 1. The average Bonchev–Trinajstić information content (AvgIpc) is 2.83. The molecule has 1 aliphatic heterocycles. The summed E-state index contributed by atoms with van der Waals surface area (Å²) in [5, 5.41) is 21.4. The van der Waals surface area contributed by atoms with Crippen molar-refractivity contribution < 1.29 is 4.74 Å². The first-order valence-corrected chi connectivity index (χ1v) is 10.8.